The summed E-state index contributed by atoms with van der Waals surface area (Å²) in [4.78, 5) is 25.0. The SMILES string of the molecule is CN(C)c1nccc(N2C[C@@H](F)C[C@H]2CNC(=O)c2sccc2C#N)n1. The third-order valence-corrected chi connectivity index (χ3v) is 5.09. The van der Waals surface area contributed by atoms with Crippen LogP contribution in [-0.4, -0.2) is 55.3 Å². The number of nitrogens with zero attached hydrogens (tertiary/aromatic N) is 5. The average molecular weight is 374 g/mol. The molecule has 0 radical (unpaired) electrons. The highest BCUT2D eigenvalue weighted by Crippen LogP contribution is 2.26. The Labute approximate surface area is 155 Å². The van der Waals surface area contributed by atoms with Gasteiger partial charge < -0.3 is 15.1 Å². The molecular weight excluding hydrogens is 355 g/mol. The van der Waals surface area contributed by atoms with E-state index in [1.54, 1.807) is 28.6 Å². The first-order chi connectivity index (χ1) is 12.5. The van der Waals surface area contributed by atoms with Crippen molar-refractivity contribution in [3.05, 3.63) is 34.2 Å². The number of carbonyl (C=O) groups is 1. The Morgan fingerprint density at radius 1 is 1.54 bits per heavy atom. The third kappa shape index (κ3) is 3.75. The zero-order chi connectivity index (χ0) is 18.7. The standard InChI is InChI=1S/C17H19FN6OS/c1-23(2)17-20-5-3-14(22-17)24-10-12(18)7-13(24)9-21-16(25)15-11(8-19)4-6-26-15/h3-6,12-13H,7,9-10H2,1-2H3,(H,21,25)/t12-,13-/m0/s1. The molecule has 1 aliphatic rings. The molecule has 1 aliphatic heterocycles. The van der Waals surface area contributed by atoms with Gasteiger partial charge in [-0.3, -0.25) is 4.79 Å². The highest BCUT2D eigenvalue weighted by Gasteiger charge is 2.33. The van der Waals surface area contributed by atoms with E-state index in [-0.39, 0.29) is 25.0 Å². The van der Waals surface area contributed by atoms with Gasteiger partial charge in [0.1, 0.15) is 22.9 Å². The Hall–Kier alpha value is -2.73. The number of carbonyl (C=O) groups excluding carboxylic acids is 1. The summed E-state index contributed by atoms with van der Waals surface area (Å²) in [6, 6.07) is 5.15. The molecule has 7 nitrogen and oxygen atoms in total. The summed E-state index contributed by atoms with van der Waals surface area (Å²) >= 11 is 1.22. The molecule has 136 valence electrons. The molecule has 3 rings (SSSR count). The van der Waals surface area contributed by atoms with Crippen molar-refractivity contribution in [2.75, 3.05) is 37.0 Å². The summed E-state index contributed by atoms with van der Waals surface area (Å²) in [5.74, 6) is 0.872. The fourth-order valence-corrected chi connectivity index (χ4v) is 3.67. The van der Waals surface area contributed by atoms with Crippen molar-refractivity contribution in [2.24, 2.45) is 0 Å². The number of nitriles is 1. The minimum Gasteiger partial charge on any atom is -0.349 e. The maximum atomic E-state index is 14.0. The van der Waals surface area contributed by atoms with Gasteiger partial charge in [-0.1, -0.05) is 0 Å². The third-order valence-electron chi connectivity index (χ3n) is 4.18. The van der Waals surface area contributed by atoms with Crippen LogP contribution in [0, 0.1) is 11.3 Å². The summed E-state index contributed by atoms with van der Waals surface area (Å²) in [5, 5.41) is 13.6. The minimum absolute atomic E-state index is 0.204. The van der Waals surface area contributed by atoms with Gasteiger partial charge in [0.2, 0.25) is 5.95 Å². The van der Waals surface area contributed by atoms with Crippen molar-refractivity contribution in [3.8, 4) is 6.07 Å². The molecule has 0 unspecified atom stereocenters. The smallest absolute Gasteiger partial charge is 0.262 e. The van der Waals surface area contributed by atoms with E-state index in [0.717, 1.165) is 0 Å². The first-order valence-electron chi connectivity index (χ1n) is 8.16. The Bertz CT molecular complexity index is 833. The molecule has 1 saturated heterocycles. The number of anilines is 2. The highest BCUT2D eigenvalue weighted by molar-refractivity contribution is 7.12. The van der Waals surface area contributed by atoms with Crippen molar-refractivity contribution in [1.29, 1.82) is 5.26 Å². The Morgan fingerprint density at radius 3 is 3.08 bits per heavy atom. The van der Waals surface area contributed by atoms with E-state index >= 15 is 0 Å². The van der Waals surface area contributed by atoms with Crippen LogP contribution in [0.3, 0.4) is 0 Å². The molecular formula is C17H19FN6OS. The van der Waals surface area contributed by atoms with Gasteiger partial charge in [-0.15, -0.1) is 11.3 Å². The van der Waals surface area contributed by atoms with E-state index in [0.29, 0.717) is 28.6 Å². The van der Waals surface area contributed by atoms with Gasteiger partial charge in [-0.25, -0.2) is 9.37 Å². The number of hydrogen-bond acceptors (Lipinski definition) is 7. The van der Waals surface area contributed by atoms with Crippen LogP contribution < -0.4 is 15.1 Å². The number of rotatable bonds is 5. The number of alkyl halides is 1. The maximum absolute atomic E-state index is 14.0. The number of aromatic nitrogens is 2. The largest absolute Gasteiger partial charge is 0.349 e. The highest BCUT2D eigenvalue weighted by atomic mass is 32.1. The molecule has 1 amide bonds. The normalized spacial score (nSPS) is 19.2. The molecule has 0 aliphatic carbocycles. The van der Waals surface area contributed by atoms with Gasteiger partial charge in [0.25, 0.3) is 5.91 Å². The molecule has 0 spiro atoms. The molecule has 1 fully saturated rings. The lowest BCUT2D eigenvalue weighted by Crippen LogP contribution is -2.40. The van der Waals surface area contributed by atoms with E-state index in [4.69, 9.17) is 5.26 Å². The van der Waals surface area contributed by atoms with Crippen LogP contribution in [0.5, 0.6) is 0 Å². The van der Waals surface area contributed by atoms with E-state index in [2.05, 4.69) is 15.3 Å². The lowest BCUT2D eigenvalue weighted by molar-refractivity contribution is 0.0954. The lowest BCUT2D eigenvalue weighted by atomic mass is 10.2. The molecule has 1 N–H and O–H groups in total. The molecule has 9 heteroatoms. The predicted octanol–water partition coefficient (Wildman–Crippen LogP) is 1.82. The van der Waals surface area contributed by atoms with Crippen LogP contribution >= 0.6 is 11.3 Å². The van der Waals surface area contributed by atoms with E-state index in [1.807, 2.05) is 25.1 Å². The number of hydrogen-bond donors (Lipinski definition) is 1. The second-order valence-electron chi connectivity index (χ2n) is 6.23. The van der Waals surface area contributed by atoms with E-state index in [1.165, 1.54) is 11.3 Å². The first-order valence-corrected chi connectivity index (χ1v) is 9.04. The number of halogens is 1. The number of thiophene rings is 1. The monoisotopic (exact) mass is 374 g/mol. The first kappa shape index (κ1) is 18.1. The molecule has 0 saturated carbocycles. The van der Waals surface area contributed by atoms with Crippen molar-refractivity contribution in [1.82, 2.24) is 15.3 Å². The minimum atomic E-state index is -0.980. The fraction of sp³-hybridized carbons (Fsp3) is 0.412. The lowest BCUT2D eigenvalue weighted by Gasteiger charge is -2.26. The van der Waals surface area contributed by atoms with Gasteiger partial charge in [-0.2, -0.15) is 10.2 Å². The summed E-state index contributed by atoms with van der Waals surface area (Å²) < 4.78 is 14.0. The second kappa shape index (κ2) is 7.66. The van der Waals surface area contributed by atoms with Crippen LogP contribution in [0.1, 0.15) is 21.7 Å². The predicted molar refractivity (Wildman–Crippen MR) is 98.4 cm³/mol. The van der Waals surface area contributed by atoms with Gasteiger partial charge in [0, 0.05) is 33.3 Å². The Morgan fingerprint density at radius 2 is 2.35 bits per heavy atom. The van der Waals surface area contributed by atoms with E-state index in [9.17, 15) is 9.18 Å². The summed E-state index contributed by atoms with van der Waals surface area (Å²) in [6.07, 6.45) is 0.979. The summed E-state index contributed by atoms with van der Waals surface area (Å²) in [5.41, 5.74) is 0.352. The number of nitrogens with one attached hydrogen (secondary N) is 1. The maximum Gasteiger partial charge on any atom is 0.262 e. The average Bonchev–Trinajstić information content (AvgIpc) is 3.26. The Kier molecular flexibility index (Phi) is 5.32. The van der Waals surface area contributed by atoms with E-state index < -0.39 is 6.17 Å². The quantitative estimate of drug-likeness (QED) is 0.859. The van der Waals surface area contributed by atoms with Crippen LogP contribution in [0.15, 0.2) is 23.7 Å². The van der Waals surface area contributed by atoms with Crippen molar-refractivity contribution in [3.63, 3.8) is 0 Å². The fourth-order valence-electron chi connectivity index (χ4n) is 2.91. The topological polar surface area (TPSA) is 85.2 Å². The zero-order valence-electron chi connectivity index (χ0n) is 14.5. The van der Waals surface area contributed by atoms with Crippen LogP contribution in [0.4, 0.5) is 16.2 Å². The molecule has 3 heterocycles. The molecule has 26 heavy (non-hydrogen) atoms. The molecule has 0 bridgehead atoms. The second-order valence-corrected chi connectivity index (χ2v) is 7.15. The van der Waals surface area contributed by atoms with Crippen molar-refractivity contribution in [2.45, 2.75) is 18.6 Å². The molecule has 2 aromatic rings. The zero-order valence-corrected chi connectivity index (χ0v) is 15.3. The van der Waals surface area contributed by atoms with Gasteiger partial charge >= 0.3 is 0 Å². The van der Waals surface area contributed by atoms with Crippen molar-refractivity contribution >= 4 is 29.0 Å². The molecule has 2 aromatic heterocycles. The Balaban J connectivity index is 1.71. The molecule has 0 aromatic carbocycles. The van der Waals surface area contributed by atoms with Crippen molar-refractivity contribution < 1.29 is 9.18 Å². The number of amides is 1. The van der Waals surface area contributed by atoms with Crippen LogP contribution in [0.25, 0.3) is 0 Å². The summed E-state index contributed by atoms with van der Waals surface area (Å²) in [6.45, 7) is 0.510. The molecule has 2 atom stereocenters. The van der Waals surface area contributed by atoms with Gasteiger partial charge in [-0.05, 0) is 17.5 Å². The van der Waals surface area contributed by atoms with Gasteiger partial charge in [0.05, 0.1) is 18.2 Å². The van der Waals surface area contributed by atoms with Crippen LogP contribution in [0.2, 0.25) is 0 Å². The van der Waals surface area contributed by atoms with Crippen LogP contribution in [-0.2, 0) is 0 Å². The van der Waals surface area contributed by atoms with Gasteiger partial charge in [0.15, 0.2) is 0 Å². The summed E-state index contributed by atoms with van der Waals surface area (Å²) in [7, 11) is 3.68.